The summed E-state index contributed by atoms with van der Waals surface area (Å²) in [7, 11) is -0.303. The topological polar surface area (TPSA) is 70.1 Å². The van der Waals surface area contributed by atoms with Crippen LogP contribution in [0.4, 0.5) is 10.1 Å². The summed E-state index contributed by atoms with van der Waals surface area (Å²) in [4.78, 5) is 2.26. The van der Waals surface area contributed by atoms with Crippen LogP contribution in [0.15, 0.2) is 71.6 Å². The highest BCUT2D eigenvalue weighted by atomic mass is 32.2. The second-order valence-electron chi connectivity index (χ2n) is 8.83. The van der Waals surface area contributed by atoms with Gasteiger partial charge in [-0.3, -0.25) is 0 Å². The van der Waals surface area contributed by atoms with Crippen molar-refractivity contribution in [2.24, 2.45) is 5.92 Å². The predicted octanol–water partition coefficient (Wildman–Crippen LogP) is 4.06. The molecule has 3 atom stereocenters. The van der Waals surface area contributed by atoms with Crippen molar-refractivity contribution in [3.63, 3.8) is 0 Å². The first-order valence-corrected chi connectivity index (χ1v) is 12.7. The molecular formula is C26H27FN2O4S. The first-order valence-electron chi connectivity index (χ1n) is 11.2. The van der Waals surface area contributed by atoms with Crippen LogP contribution in [-0.4, -0.2) is 51.2 Å². The Morgan fingerprint density at radius 2 is 1.71 bits per heavy atom. The normalized spacial score (nSPS) is 22.4. The van der Waals surface area contributed by atoms with Gasteiger partial charge in [-0.1, -0.05) is 18.2 Å². The molecule has 34 heavy (non-hydrogen) atoms. The zero-order chi connectivity index (χ0) is 24.0. The summed E-state index contributed by atoms with van der Waals surface area (Å²) in [6, 6.07) is 18.0. The molecule has 0 saturated carbocycles. The molecule has 0 bridgehead atoms. The number of fused-ring (bicyclic) bond motifs is 3. The zero-order valence-corrected chi connectivity index (χ0v) is 19.9. The van der Waals surface area contributed by atoms with E-state index in [0.717, 1.165) is 22.4 Å². The monoisotopic (exact) mass is 482 g/mol. The highest BCUT2D eigenvalue weighted by molar-refractivity contribution is 7.89. The van der Waals surface area contributed by atoms with Gasteiger partial charge >= 0.3 is 0 Å². The Morgan fingerprint density at radius 3 is 2.35 bits per heavy atom. The van der Waals surface area contributed by atoms with Gasteiger partial charge in [-0.15, -0.1) is 0 Å². The number of anilines is 1. The number of ether oxygens (including phenoxy) is 1. The zero-order valence-electron chi connectivity index (χ0n) is 19.1. The lowest BCUT2D eigenvalue weighted by molar-refractivity contribution is 0.193. The van der Waals surface area contributed by atoms with E-state index in [4.69, 9.17) is 4.74 Å². The molecule has 6 nitrogen and oxygen atoms in total. The van der Waals surface area contributed by atoms with Crippen LogP contribution in [-0.2, 0) is 10.0 Å². The van der Waals surface area contributed by atoms with E-state index in [1.807, 2.05) is 25.2 Å². The standard InChI is InChI=1S/C26H27FN2O4S/c1-28-24-12-5-18(17-3-6-19(27)7-4-17)15-23(24)26-22(25(28)16-30)13-14-29(26)34(31,32)21-10-8-20(33-2)9-11-21/h3-12,15,22,25-26,30H,13-14,16H2,1-2H3/t22-,25-,26-/m1/s1. The van der Waals surface area contributed by atoms with Crippen molar-refractivity contribution in [1.82, 2.24) is 4.31 Å². The molecule has 3 aromatic carbocycles. The number of aliphatic hydroxyl groups excluding tert-OH is 1. The highest BCUT2D eigenvalue weighted by Gasteiger charge is 2.50. The van der Waals surface area contributed by atoms with Gasteiger partial charge in [0.15, 0.2) is 0 Å². The molecule has 8 heteroatoms. The maximum absolute atomic E-state index is 13.7. The second kappa shape index (κ2) is 8.69. The number of nitrogens with zero attached hydrogens (tertiary/aromatic N) is 2. The molecule has 0 spiro atoms. The molecule has 2 heterocycles. The second-order valence-corrected chi connectivity index (χ2v) is 10.7. The molecule has 1 saturated heterocycles. The van der Waals surface area contributed by atoms with Gasteiger partial charge in [-0.2, -0.15) is 4.31 Å². The SMILES string of the molecule is COc1ccc(S(=O)(=O)N2CC[C@@H]3[C@@H](CO)N(C)c4ccc(-c5ccc(F)cc5)cc4[C@@H]32)cc1. The summed E-state index contributed by atoms with van der Waals surface area (Å²) < 4.78 is 47.7. The maximum Gasteiger partial charge on any atom is 0.243 e. The molecule has 0 aliphatic carbocycles. The van der Waals surface area contributed by atoms with E-state index in [2.05, 4.69) is 4.90 Å². The van der Waals surface area contributed by atoms with E-state index in [1.54, 1.807) is 40.7 Å². The summed E-state index contributed by atoms with van der Waals surface area (Å²) in [6.45, 7) is 0.307. The number of sulfonamides is 1. The molecule has 1 fully saturated rings. The van der Waals surface area contributed by atoms with Crippen LogP contribution in [0.25, 0.3) is 11.1 Å². The minimum Gasteiger partial charge on any atom is -0.497 e. The number of aliphatic hydroxyl groups is 1. The van der Waals surface area contributed by atoms with E-state index >= 15 is 0 Å². The number of hydrogen-bond donors (Lipinski definition) is 1. The summed E-state index contributed by atoms with van der Waals surface area (Å²) in [5.41, 5.74) is 3.54. The molecule has 3 aromatic rings. The number of benzene rings is 3. The Bertz CT molecular complexity index is 1300. The van der Waals surface area contributed by atoms with Crippen molar-refractivity contribution < 1.29 is 22.7 Å². The lowest BCUT2D eigenvalue weighted by Crippen LogP contribution is -2.48. The molecular weight excluding hydrogens is 455 g/mol. The molecule has 5 rings (SSSR count). The Kier molecular flexibility index (Phi) is 5.83. The van der Waals surface area contributed by atoms with Crippen LogP contribution in [0.3, 0.4) is 0 Å². The number of hydrogen-bond acceptors (Lipinski definition) is 5. The Labute approximate surface area is 199 Å². The van der Waals surface area contributed by atoms with Crippen molar-refractivity contribution in [2.75, 3.05) is 32.2 Å². The lowest BCUT2D eigenvalue weighted by Gasteiger charge is -2.44. The van der Waals surface area contributed by atoms with Crippen LogP contribution >= 0.6 is 0 Å². The van der Waals surface area contributed by atoms with E-state index in [9.17, 15) is 17.9 Å². The van der Waals surface area contributed by atoms with E-state index in [1.165, 1.54) is 19.2 Å². The van der Waals surface area contributed by atoms with Gasteiger partial charge in [0.05, 0.1) is 30.7 Å². The van der Waals surface area contributed by atoms with Crippen molar-refractivity contribution >= 4 is 15.7 Å². The number of halogens is 1. The summed E-state index contributed by atoms with van der Waals surface area (Å²) in [5.74, 6) is 0.228. The molecule has 0 amide bonds. The van der Waals surface area contributed by atoms with Gasteiger partial charge in [0.25, 0.3) is 0 Å². The smallest absolute Gasteiger partial charge is 0.243 e. The molecule has 0 radical (unpaired) electrons. The molecule has 0 unspecified atom stereocenters. The lowest BCUT2D eigenvalue weighted by atomic mass is 9.81. The Hall–Kier alpha value is -2.94. The number of likely N-dealkylation sites (N-methyl/N-ethyl adjacent to an activating group) is 1. The van der Waals surface area contributed by atoms with Crippen LogP contribution in [0.1, 0.15) is 18.0 Å². The van der Waals surface area contributed by atoms with Crippen molar-refractivity contribution in [3.8, 4) is 16.9 Å². The van der Waals surface area contributed by atoms with Crippen molar-refractivity contribution in [3.05, 3.63) is 78.1 Å². The highest BCUT2D eigenvalue weighted by Crippen LogP contribution is 2.51. The van der Waals surface area contributed by atoms with E-state index < -0.39 is 16.1 Å². The van der Waals surface area contributed by atoms with Gasteiger partial charge in [0.1, 0.15) is 11.6 Å². The predicted molar refractivity (Wildman–Crippen MR) is 129 cm³/mol. The molecule has 2 aliphatic heterocycles. The average molecular weight is 483 g/mol. The summed E-state index contributed by atoms with van der Waals surface area (Å²) in [5, 5.41) is 10.2. The summed E-state index contributed by atoms with van der Waals surface area (Å²) in [6.07, 6.45) is 0.649. The number of methoxy groups -OCH3 is 1. The van der Waals surface area contributed by atoms with Crippen LogP contribution in [0, 0.1) is 11.7 Å². The third kappa shape index (κ3) is 3.66. The molecule has 1 N–H and O–H groups in total. The van der Waals surface area contributed by atoms with Crippen LogP contribution < -0.4 is 9.64 Å². The minimum absolute atomic E-state index is 0.0565. The Morgan fingerprint density at radius 1 is 1.03 bits per heavy atom. The fourth-order valence-corrected chi connectivity index (χ4v) is 7.05. The molecule has 0 aromatic heterocycles. The van der Waals surface area contributed by atoms with Gasteiger partial charge in [0, 0.05) is 25.2 Å². The van der Waals surface area contributed by atoms with E-state index in [-0.39, 0.29) is 29.3 Å². The third-order valence-corrected chi connectivity index (χ3v) is 9.04. The van der Waals surface area contributed by atoms with Gasteiger partial charge in [-0.25, -0.2) is 12.8 Å². The molecule has 2 aliphatic rings. The fourth-order valence-electron chi connectivity index (χ4n) is 5.39. The Balaban J connectivity index is 1.61. The van der Waals surface area contributed by atoms with Crippen LogP contribution in [0.2, 0.25) is 0 Å². The van der Waals surface area contributed by atoms with Gasteiger partial charge in [0.2, 0.25) is 10.0 Å². The van der Waals surface area contributed by atoms with Gasteiger partial charge < -0.3 is 14.7 Å². The van der Waals surface area contributed by atoms with Gasteiger partial charge in [-0.05, 0) is 71.6 Å². The molecule has 178 valence electrons. The first kappa shape index (κ1) is 22.8. The average Bonchev–Trinajstić information content (AvgIpc) is 3.31. The summed E-state index contributed by atoms with van der Waals surface area (Å²) >= 11 is 0. The number of rotatable bonds is 5. The van der Waals surface area contributed by atoms with Crippen LogP contribution in [0.5, 0.6) is 5.75 Å². The fraction of sp³-hybridized carbons (Fsp3) is 0.308. The quantitative estimate of drug-likeness (QED) is 0.594. The minimum atomic E-state index is -3.78. The third-order valence-electron chi connectivity index (χ3n) is 7.15. The van der Waals surface area contributed by atoms with Crippen molar-refractivity contribution in [1.29, 1.82) is 0 Å². The van der Waals surface area contributed by atoms with Crippen molar-refractivity contribution in [2.45, 2.75) is 23.4 Å². The maximum atomic E-state index is 13.7. The first-order chi connectivity index (χ1) is 16.3. The van der Waals surface area contributed by atoms with E-state index in [0.29, 0.717) is 18.7 Å². The largest absolute Gasteiger partial charge is 0.497 e.